The molecule has 2 aromatic heterocycles. The number of aromatic nitrogens is 3. The molecule has 4 aromatic rings. The van der Waals surface area contributed by atoms with Gasteiger partial charge in [-0.2, -0.15) is 0 Å². The van der Waals surface area contributed by atoms with Crippen LogP contribution in [0, 0.1) is 11.7 Å². The molecule has 0 aliphatic heterocycles. The molecular formula is C27H29FN4O2. The molecule has 1 N–H and O–H groups in total. The topological polar surface area (TPSA) is 73.1 Å². The Balaban J connectivity index is 1.24. The van der Waals surface area contributed by atoms with Gasteiger partial charge in [-0.1, -0.05) is 12.0 Å². The van der Waals surface area contributed by atoms with E-state index in [0.717, 1.165) is 54.3 Å². The van der Waals surface area contributed by atoms with E-state index in [9.17, 15) is 4.39 Å². The van der Waals surface area contributed by atoms with Gasteiger partial charge in [0.15, 0.2) is 0 Å². The minimum absolute atomic E-state index is 0.209. The highest BCUT2D eigenvalue weighted by molar-refractivity contribution is 5.82. The van der Waals surface area contributed by atoms with Crippen LogP contribution in [0.3, 0.4) is 0 Å². The molecule has 1 aliphatic carbocycles. The van der Waals surface area contributed by atoms with Crippen molar-refractivity contribution in [2.75, 3.05) is 12.4 Å². The number of hydrogen-bond acceptors (Lipinski definition) is 6. The normalized spacial score (nSPS) is 19.1. The average molecular weight is 461 g/mol. The molecule has 1 aliphatic rings. The monoisotopic (exact) mass is 460 g/mol. The number of benzene rings is 2. The van der Waals surface area contributed by atoms with Crippen LogP contribution in [0.2, 0.25) is 0 Å². The second kappa shape index (κ2) is 9.79. The van der Waals surface area contributed by atoms with Gasteiger partial charge in [0.25, 0.3) is 0 Å². The molecule has 5 rings (SSSR count). The van der Waals surface area contributed by atoms with Gasteiger partial charge in [0.1, 0.15) is 11.6 Å². The third kappa shape index (κ3) is 4.60. The quantitative estimate of drug-likeness (QED) is 0.335. The molecule has 1 unspecified atom stereocenters. The summed E-state index contributed by atoms with van der Waals surface area (Å²) in [6.45, 7) is 2.18. The highest BCUT2D eigenvalue weighted by Crippen LogP contribution is 2.40. The molecule has 0 saturated heterocycles. The molecule has 2 aromatic carbocycles. The van der Waals surface area contributed by atoms with E-state index in [1.54, 1.807) is 19.2 Å². The highest BCUT2D eigenvalue weighted by Gasteiger charge is 2.29. The lowest BCUT2D eigenvalue weighted by Crippen LogP contribution is -2.31. The number of nitrogens with one attached hydrogen (secondary N) is 1. The van der Waals surface area contributed by atoms with E-state index in [-0.39, 0.29) is 11.9 Å². The van der Waals surface area contributed by atoms with Gasteiger partial charge in [0.05, 0.1) is 12.6 Å². The van der Waals surface area contributed by atoms with Gasteiger partial charge < -0.3 is 14.5 Å². The van der Waals surface area contributed by atoms with E-state index in [1.165, 1.54) is 11.6 Å². The number of nitrogens with zero attached hydrogens (tertiary/aromatic N) is 3. The first kappa shape index (κ1) is 22.3. The van der Waals surface area contributed by atoms with Crippen molar-refractivity contribution in [1.82, 2.24) is 15.2 Å². The Kier molecular flexibility index (Phi) is 6.43. The Morgan fingerprint density at radius 3 is 2.59 bits per heavy atom. The summed E-state index contributed by atoms with van der Waals surface area (Å²) in [7, 11) is 1.64. The van der Waals surface area contributed by atoms with E-state index in [1.807, 2.05) is 30.5 Å². The molecule has 2 heterocycles. The zero-order valence-corrected chi connectivity index (χ0v) is 19.5. The van der Waals surface area contributed by atoms with E-state index >= 15 is 0 Å². The molecule has 1 atom stereocenters. The maximum atomic E-state index is 13.9. The maximum absolute atomic E-state index is 13.9. The predicted octanol–water partition coefficient (Wildman–Crippen LogP) is 6.60. The van der Waals surface area contributed by atoms with Crippen LogP contribution in [-0.4, -0.2) is 28.3 Å². The Bertz CT molecular complexity index is 1250. The van der Waals surface area contributed by atoms with Crippen molar-refractivity contribution in [1.29, 1.82) is 0 Å². The molecule has 6 nitrogen and oxygen atoms in total. The smallest absolute Gasteiger partial charge is 0.315 e. The number of ether oxygens (including phenoxy) is 1. The lowest BCUT2D eigenvalue weighted by Gasteiger charge is -2.34. The third-order valence-corrected chi connectivity index (χ3v) is 7.03. The van der Waals surface area contributed by atoms with Crippen LogP contribution in [0.15, 0.2) is 59.1 Å². The zero-order valence-electron chi connectivity index (χ0n) is 19.5. The SMILES string of the molecule is CCC(Nc1nnc(-c2ccc(OC)cc2)o1)C1CCC(c2ccnc3ccc(F)cc23)CC1. The summed E-state index contributed by atoms with van der Waals surface area (Å²) in [4.78, 5) is 4.41. The van der Waals surface area contributed by atoms with E-state index < -0.39 is 0 Å². The first-order valence-corrected chi connectivity index (χ1v) is 11.9. The van der Waals surface area contributed by atoms with Crippen LogP contribution in [0.5, 0.6) is 5.75 Å². The van der Waals surface area contributed by atoms with Gasteiger partial charge in [0, 0.05) is 23.2 Å². The molecule has 0 bridgehead atoms. The van der Waals surface area contributed by atoms with Gasteiger partial charge in [-0.05, 0) is 98.0 Å². The fraction of sp³-hybridized carbons (Fsp3) is 0.370. The lowest BCUT2D eigenvalue weighted by molar-refractivity contribution is 0.286. The summed E-state index contributed by atoms with van der Waals surface area (Å²) in [5, 5.41) is 12.8. The molecule has 1 saturated carbocycles. The van der Waals surface area contributed by atoms with Crippen LogP contribution in [-0.2, 0) is 0 Å². The standard InChI is InChI=1S/C27H29FN4O2/c1-3-24(30-27-32-31-26(34-27)19-8-11-21(33-2)12-9-19)18-6-4-17(5-7-18)22-14-15-29-25-13-10-20(28)16-23(22)25/h8-18,24H,3-7H2,1-2H3,(H,30,32). The molecule has 0 radical (unpaired) electrons. The Hall–Kier alpha value is -3.48. The van der Waals surface area contributed by atoms with Crippen molar-refractivity contribution in [2.24, 2.45) is 5.92 Å². The Labute approximate surface area is 198 Å². The molecule has 0 amide bonds. The minimum Gasteiger partial charge on any atom is -0.497 e. The average Bonchev–Trinajstić information content (AvgIpc) is 3.36. The molecular weight excluding hydrogens is 431 g/mol. The summed E-state index contributed by atoms with van der Waals surface area (Å²) in [5.41, 5.74) is 2.93. The van der Waals surface area contributed by atoms with Crippen molar-refractivity contribution in [2.45, 2.75) is 51.0 Å². The largest absolute Gasteiger partial charge is 0.497 e. The number of rotatable bonds is 7. The van der Waals surface area contributed by atoms with Gasteiger partial charge in [-0.25, -0.2) is 4.39 Å². The van der Waals surface area contributed by atoms with Crippen molar-refractivity contribution in [3.63, 3.8) is 0 Å². The molecule has 1 fully saturated rings. The van der Waals surface area contributed by atoms with Crippen molar-refractivity contribution in [3.8, 4) is 17.2 Å². The van der Waals surface area contributed by atoms with Gasteiger partial charge in [-0.15, -0.1) is 5.10 Å². The number of halogens is 1. The second-order valence-corrected chi connectivity index (χ2v) is 8.97. The van der Waals surface area contributed by atoms with Crippen molar-refractivity contribution in [3.05, 3.63) is 66.1 Å². The predicted molar refractivity (Wildman–Crippen MR) is 130 cm³/mol. The van der Waals surface area contributed by atoms with Gasteiger partial charge in [-0.3, -0.25) is 4.98 Å². The fourth-order valence-electron chi connectivity index (χ4n) is 5.17. The van der Waals surface area contributed by atoms with Gasteiger partial charge in [0.2, 0.25) is 5.89 Å². The summed E-state index contributed by atoms with van der Waals surface area (Å²) < 4.78 is 25.0. The molecule has 0 spiro atoms. The van der Waals surface area contributed by atoms with Crippen LogP contribution < -0.4 is 10.1 Å². The van der Waals surface area contributed by atoms with Crippen LogP contribution in [0.1, 0.15) is 50.5 Å². The van der Waals surface area contributed by atoms with E-state index in [4.69, 9.17) is 9.15 Å². The van der Waals surface area contributed by atoms with Crippen LogP contribution in [0.4, 0.5) is 10.4 Å². The summed E-state index contributed by atoms with van der Waals surface area (Å²) >= 11 is 0. The van der Waals surface area contributed by atoms with Crippen LogP contribution >= 0.6 is 0 Å². The third-order valence-electron chi connectivity index (χ3n) is 7.03. The number of pyridine rings is 1. The first-order valence-electron chi connectivity index (χ1n) is 11.9. The second-order valence-electron chi connectivity index (χ2n) is 8.97. The number of methoxy groups -OCH3 is 1. The highest BCUT2D eigenvalue weighted by atomic mass is 19.1. The van der Waals surface area contributed by atoms with Crippen molar-refractivity contribution >= 4 is 16.9 Å². The molecule has 176 valence electrons. The van der Waals surface area contributed by atoms with E-state index in [0.29, 0.717) is 23.7 Å². The maximum Gasteiger partial charge on any atom is 0.315 e. The van der Waals surface area contributed by atoms with Crippen LogP contribution in [0.25, 0.3) is 22.4 Å². The fourth-order valence-corrected chi connectivity index (χ4v) is 5.17. The Morgan fingerprint density at radius 1 is 1.06 bits per heavy atom. The number of hydrogen-bond donors (Lipinski definition) is 1. The summed E-state index contributed by atoms with van der Waals surface area (Å²) in [6.07, 6.45) is 7.13. The first-order chi connectivity index (χ1) is 16.6. The minimum atomic E-state index is -0.209. The number of anilines is 1. The summed E-state index contributed by atoms with van der Waals surface area (Å²) in [6, 6.07) is 15.2. The Morgan fingerprint density at radius 2 is 1.85 bits per heavy atom. The zero-order chi connectivity index (χ0) is 23.5. The van der Waals surface area contributed by atoms with Crippen molar-refractivity contribution < 1.29 is 13.5 Å². The molecule has 34 heavy (non-hydrogen) atoms. The summed E-state index contributed by atoms with van der Waals surface area (Å²) in [5.74, 6) is 2.00. The van der Waals surface area contributed by atoms with E-state index in [2.05, 4.69) is 33.5 Å². The van der Waals surface area contributed by atoms with Gasteiger partial charge >= 0.3 is 6.01 Å². The number of fused-ring (bicyclic) bond motifs is 1. The lowest BCUT2D eigenvalue weighted by atomic mass is 9.75. The molecule has 7 heteroatoms.